The summed E-state index contributed by atoms with van der Waals surface area (Å²) in [5.41, 5.74) is 0.756. The molecule has 0 aromatic heterocycles. The normalized spacial score (nSPS) is 15.7. The Labute approximate surface area is 176 Å². The van der Waals surface area contributed by atoms with Crippen LogP contribution in [-0.2, 0) is 21.2 Å². The van der Waals surface area contributed by atoms with Crippen LogP contribution in [0.1, 0.15) is 5.56 Å². The third-order valence-electron chi connectivity index (χ3n) is 5.06. The van der Waals surface area contributed by atoms with E-state index in [2.05, 4.69) is 10.2 Å². The van der Waals surface area contributed by atoms with Gasteiger partial charge in [-0.3, -0.25) is 9.69 Å². The first-order valence-corrected chi connectivity index (χ1v) is 11.2. The van der Waals surface area contributed by atoms with Crippen LogP contribution in [0.25, 0.3) is 0 Å². The second-order valence-electron chi connectivity index (χ2n) is 7.07. The molecule has 1 amide bonds. The van der Waals surface area contributed by atoms with Crippen molar-refractivity contribution in [2.24, 2.45) is 0 Å². The highest BCUT2D eigenvalue weighted by Gasteiger charge is 2.28. The van der Waals surface area contributed by atoms with Gasteiger partial charge in [0.15, 0.2) is 0 Å². The van der Waals surface area contributed by atoms with Crippen molar-refractivity contribution in [1.82, 2.24) is 14.5 Å². The molecule has 1 aliphatic heterocycles. The van der Waals surface area contributed by atoms with Crippen LogP contribution in [0.5, 0.6) is 5.75 Å². The molecule has 1 saturated heterocycles. The van der Waals surface area contributed by atoms with Gasteiger partial charge < -0.3 is 10.1 Å². The third-order valence-corrected chi connectivity index (χ3v) is 6.97. The van der Waals surface area contributed by atoms with Crippen molar-refractivity contribution < 1.29 is 22.3 Å². The van der Waals surface area contributed by atoms with Gasteiger partial charge in [0, 0.05) is 39.3 Å². The first kappa shape index (κ1) is 22.2. The second kappa shape index (κ2) is 10.0. The Balaban J connectivity index is 1.41. The van der Waals surface area contributed by atoms with Crippen molar-refractivity contribution in [3.63, 3.8) is 0 Å². The zero-order valence-corrected chi connectivity index (χ0v) is 17.7. The fourth-order valence-electron chi connectivity index (χ4n) is 3.29. The third kappa shape index (κ3) is 5.78. The number of piperazine rings is 1. The largest absolute Gasteiger partial charge is 0.497 e. The molecule has 0 bridgehead atoms. The molecule has 9 heteroatoms. The summed E-state index contributed by atoms with van der Waals surface area (Å²) >= 11 is 0. The summed E-state index contributed by atoms with van der Waals surface area (Å²) in [4.78, 5) is 14.4. The molecular weight excluding hydrogens is 409 g/mol. The smallest absolute Gasteiger partial charge is 0.243 e. The van der Waals surface area contributed by atoms with Crippen LogP contribution < -0.4 is 10.1 Å². The van der Waals surface area contributed by atoms with Gasteiger partial charge in [-0.15, -0.1) is 0 Å². The number of ether oxygens (including phenoxy) is 1. The van der Waals surface area contributed by atoms with Crippen LogP contribution in [0.15, 0.2) is 53.4 Å². The fourth-order valence-corrected chi connectivity index (χ4v) is 4.72. The number of benzene rings is 2. The number of amides is 1. The van der Waals surface area contributed by atoms with Gasteiger partial charge in [-0.2, -0.15) is 4.31 Å². The standard InChI is InChI=1S/C21H26FN3O4S/c1-29-19-6-8-20(9-7-19)30(27,28)25-14-12-24(13-15-25)11-10-23-21(26)16-17-2-4-18(22)5-3-17/h2-9H,10-16H2,1H3,(H,23,26). The molecule has 0 radical (unpaired) electrons. The van der Waals surface area contributed by atoms with E-state index in [4.69, 9.17) is 4.74 Å². The van der Waals surface area contributed by atoms with E-state index in [1.54, 1.807) is 36.4 Å². The lowest BCUT2D eigenvalue weighted by Gasteiger charge is -2.34. The SMILES string of the molecule is COc1ccc(S(=O)(=O)N2CCN(CCNC(=O)Cc3ccc(F)cc3)CC2)cc1. The van der Waals surface area contributed by atoms with E-state index in [0.29, 0.717) is 45.0 Å². The van der Waals surface area contributed by atoms with E-state index in [1.165, 1.54) is 23.5 Å². The summed E-state index contributed by atoms with van der Waals surface area (Å²) in [6, 6.07) is 12.2. The Morgan fingerprint density at radius 3 is 2.27 bits per heavy atom. The molecule has 1 N–H and O–H groups in total. The number of rotatable bonds is 8. The van der Waals surface area contributed by atoms with Crippen LogP contribution in [0.2, 0.25) is 0 Å². The minimum atomic E-state index is -3.53. The molecule has 0 atom stereocenters. The van der Waals surface area contributed by atoms with Crippen molar-refractivity contribution in [1.29, 1.82) is 0 Å². The van der Waals surface area contributed by atoms with Gasteiger partial charge in [0.25, 0.3) is 0 Å². The quantitative estimate of drug-likeness (QED) is 0.680. The number of halogens is 1. The lowest BCUT2D eigenvalue weighted by Crippen LogP contribution is -2.50. The van der Waals surface area contributed by atoms with Crippen molar-refractivity contribution in [2.45, 2.75) is 11.3 Å². The molecule has 0 spiro atoms. The molecule has 1 heterocycles. The van der Waals surface area contributed by atoms with Crippen molar-refractivity contribution in [3.05, 3.63) is 59.9 Å². The predicted molar refractivity (Wildman–Crippen MR) is 111 cm³/mol. The lowest BCUT2D eigenvalue weighted by molar-refractivity contribution is -0.120. The van der Waals surface area contributed by atoms with Gasteiger partial charge in [-0.25, -0.2) is 12.8 Å². The molecule has 3 rings (SSSR count). The number of hydrogen-bond donors (Lipinski definition) is 1. The summed E-state index contributed by atoms with van der Waals surface area (Å²) < 4.78 is 45.0. The van der Waals surface area contributed by atoms with Crippen molar-refractivity contribution in [2.75, 3.05) is 46.4 Å². The minimum absolute atomic E-state index is 0.123. The molecule has 30 heavy (non-hydrogen) atoms. The van der Waals surface area contributed by atoms with Crippen LogP contribution >= 0.6 is 0 Å². The maximum Gasteiger partial charge on any atom is 0.243 e. The first-order valence-electron chi connectivity index (χ1n) is 9.76. The molecule has 0 saturated carbocycles. The Morgan fingerprint density at radius 2 is 1.67 bits per heavy atom. The van der Waals surface area contributed by atoms with Crippen molar-refractivity contribution in [3.8, 4) is 5.75 Å². The zero-order valence-electron chi connectivity index (χ0n) is 16.9. The van der Waals surface area contributed by atoms with E-state index in [-0.39, 0.29) is 23.0 Å². The molecule has 0 aliphatic carbocycles. The Bertz CT molecular complexity index is 941. The molecule has 2 aromatic carbocycles. The Morgan fingerprint density at radius 1 is 1.03 bits per heavy atom. The average molecular weight is 436 g/mol. The zero-order chi connectivity index (χ0) is 21.6. The summed E-state index contributed by atoms with van der Waals surface area (Å²) in [6.07, 6.45) is 0.203. The van der Waals surface area contributed by atoms with Crippen LogP contribution in [0.4, 0.5) is 4.39 Å². The number of hydrogen-bond acceptors (Lipinski definition) is 5. The van der Waals surface area contributed by atoms with Gasteiger partial charge in [-0.05, 0) is 42.0 Å². The summed E-state index contributed by atoms with van der Waals surface area (Å²) in [7, 11) is -1.99. The average Bonchev–Trinajstić information content (AvgIpc) is 2.76. The topological polar surface area (TPSA) is 79.0 Å². The molecule has 7 nitrogen and oxygen atoms in total. The number of carbonyl (C=O) groups is 1. The first-order chi connectivity index (χ1) is 14.4. The van der Waals surface area contributed by atoms with Crippen LogP contribution in [0, 0.1) is 5.82 Å². The van der Waals surface area contributed by atoms with E-state index in [1.807, 2.05) is 0 Å². The Kier molecular flexibility index (Phi) is 7.41. The maximum absolute atomic E-state index is 12.9. The molecule has 1 aliphatic rings. The summed E-state index contributed by atoms with van der Waals surface area (Å²) in [5, 5.41) is 2.85. The van der Waals surface area contributed by atoms with Gasteiger partial charge in [0.1, 0.15) is 11.6 Å². The minimum Gasteiger partial charge on any atom is -0.497 e. The summed E-state index contributed by atoms with van der Waals surface area (Å²) in [5.74, 6) is 0.162. The molecule has 1 fully saturated rings. The van der Waals surface area contributed by atoms with Gasteiger partial charge in [-0.1, -0.05) is 12.1 Å². The number of nitrogens with zero attached hydrogens (tertiary/aromatic N) is 2. The van der Waals surface area contributed by atoms with Gasteiger partial charge in [0.05, 0.1) is 18.4 Å². The monoisotopic (exact) mass is 435 g/mol. The number of methoxy groups -OCH3 is 1. The number of carbonyl (C=O) groups excluding carboxylic acids is 1. The highest BCUT2D eigenvalue weighted by Crippen LogP contribution is 2.20. The highest BCUT2D eigenvalue weighted by molar-refractivity contribution is 7.89. The fraction of sp³-hybridized carbons (Fsp3) is 0.381. The second-order valence-corrected chi connectivity index (χ2v) is 9.01. The maximum atomic E-state index is 12.9. The van der Waals surface area contributed by atoms with Crippen LogP contribution in [-0.4, -0.2) is 69.9 Å². The molecule has 0 unspecified atom stereocenters. The van der Waals surface area contributed by atoms with E-state index in [0.717, 1.165) is 5.56 Å². The van der Waals surface area contributed by atoms with Crippen LogP contribution in [0.3, 0.4) is 0 Å². The summed E-state index contributed by atoms with van der Waals surface area (Å²) in [6.45, 7) is 3.12. The number of sulfonamides is 1. The van der Waals surface area contributed by atoms with E-state index >= 15 is 0 Å². The lowest BCUT2D eigenvalue weighted by atomic mass is 10.1. The highest BCUT2D eigenvalue weighted by atomic mass is 32.2. The van der Waals surface area contributed by atoms with Gasteiger partial charge >= 0.3 is 0 Å². The Hall–Kier alpha value is -2.49. The van der Waals surface area contributed by atoms with E-state index in [9.17, 15) is 17.6 Å². The van der Waals surface area contributed by atoms with Crippen molar-refractivity contribution >= 4 is 15.9 Å². The predicted octanol–water partition coefficient (Wildman–Crippen LogP) is 1.50. The molecule has 162 valence electrons. The van der Waals surface area contributed by atoms with Gasteiger partial charge in [0.2, 0.25) is 15.9 Å². The molecule has 2 aromatic rings. The number of nitrogens with one attached hydrogen (secondary N) is 1. The molecular formula is C21H26FN3O4S. The van der Waals surface area contributed by atoms with E-state index < -0.39 is 10.0 Å².